The number of halogens is 3. The Bertz CT molecular complexity index is 515. The van der Waals surface area contributed by atoms with Gasteiger partial charge in [-0.1, -0.05) is 33.8 Å². The van der Waals surface area contributed by atoms with Crippen LogP contribution >= 0.6 is 0 Å². The molecule has 2 rings (SSSR count). The summed E-state index contributed by atoms with van der Waals surface area (Å²) in [5.41, 5.74) is 7.38. The minimum atomic E-state index is -4.30. The third-order valence-electron chi connectivity index (χ3n) is 5.45. The Morgan fingerprint density at radius 3 is 1.95 bits per heavy atom. The molecule has 2 N–H and O–H groups in total. The van der Waals surface area contributed by atoms with Crippen LogP contribution in [0.4, 0.5) is 13.2 Å². The van der Waals surface area contributed by atoms with E-state index in [-0.39, 0.29) is 22.8 Å². The number of hydrogen-bond donors (Lipinski definition) is 1. The maximum absolute atomic E-state index is 12.7. The van der Waals surface area contributed by atoms with Gasteiger partial charge in [0.1, 0.15) is 0 Å². The fourth-order valence-corrected chi connectivity index (χ4v) is 3.55. The number of rotatable bonds is 2. The van der Waals surface area contributed by atoms with Crippen molar-refractivity contribution < 1.29 is 13.2 Å². The molecule has 1 aromatic rings. The zero-order valence-corrected chi connectivity index (χ0v) is 12.6. The Balaban J connectivity index is 2.32. The highest BCUT2D eigenvalue weighted by Gasteiger charge is 2.66. The highest BCUT2D eigenvalue weighted by Crippen LogP contribution is 2.71. The average Bonchev–Trinajstić information content (AvgIpc) is 2.67. The zero-order valence-electron chi connectivity index (χ0n) is 12.6. The first-order valence-corrected chi connectivity index (χ1v) is 6.84. The molecular weight excluding hydrogens is 263 g/mol. The fraction of sp³-hybridized carbons (Fsp3) is 0.625. The van der Waals surface area contributed by atoms with Crippen molar-refractivity contribution in [3.8, 4) is 0 Å². The Kier molecular flexibility index (Phi) is 3.25. The van der Waals surface area contributed by atoms with E-state index in [9.17, 15) is 13.2 Å². The van der Waals surface area contributed by atoms with Crippen molar-refractivity contribution in [2.24, 2.45) is 22.5 Å². The van der Waals surface area contributed by atoms with E-state index in [0.717, 1.165) is 11.6 Å². The zero-order chi connectivity index (χ0) is 15.5. The van der Waals surface area contributed by atoms with Gasteiger partial charge in [0, 0.05) is 6.04 Å². The fourth-order valence-electron chi connectivity index (χ4n) is 3.55. The Morgan fingerprint density at radius 1 is 1.10 bits per heavy atom. The van der Waals surface area contributed by atoms with Crippen LogP contribution in [-0.2, 0) is 6.18 Å². The molecule has 0 bridgehead atoms. The summed E-state index contributed by atoms with van der Waals surface area (Å²) in [5.74, 6) is 0.283. The van der Waals surface area contributed by atoms with Crippen LogP contribution in [0.25, 0.3) is 0 Å². The van der Waals surface area contributed by atoms with Crippen LogP contribution in [0.1, 0.15) is 50.4 Å². The highest BCUT2D eigenvalue weighted by molar-refractivity contribution is 5.37. The molecular formula is C16H22F3N. The number of hydrogen-bond acceptors (Lipinski definition) is 1. The summed E-state index contributed by atoms with van der Waals surface area (Å²) in [5, 5.41) is 0. The minimum Gasteiger partial charge on any atom is -0.324 e. The van der Waals surface area contributed by atoms with Crippen molar-refractivity contribution in [3.05, 3.63) is 34.9 Å². The first kappa shape index (κ1) is 15.4. The lowest BCUT2D eigenvalue weighted by Crippen LogP contribution is -2.18. The molecule has 1 nitrogen and oxygen atoms in total. The van der Waals surface area contributed by atoms with Crippen molar-refractivity contribution in [1.29, 1.82) is 0 Å². The Morgan fingerprint density at radius 2 is 1.60 bits per heavy atom. The van der Waals surface area contributed by atoms with Crippen LogP contribution in [0.5, 0.6) is 0 Å². The van der Waals surface area contributed by atoms with Crippen molar-refractivity contribution >= 4 is 0 Å². The second-order valence-corrected chi connectivity index (χ2v) is 7.02. The molecule has 0 saturated heterocycles. The van der Waals surface area contributed by atoms with Crippen LogP contribution in [0, 0.1) is 23.7 Å². The molecule has 0 radical (unpaired) electrons. The summed E-state index contributed by atoms with van der Waals surface area (Å²) in [6, 6.07) is 3.64. The van der Waals surface area contributed by atoms with Gasteiger partial charge in [0.05, 0.1) is 5.56 Å². The van der Waals surface area contributed by atoms with Gasteiger partial charge in [-0.3, -0.25) is 0 Å². The molecule has 0 amide bonds. The standard InChI is InChI=1S/C16H22F3N/c1-9-8-10(16(17,18)19)6-7-11(9)12(20)13-14(2,3)15(13,4)5/h6-8,12-13H,20H2,1-5H3. The maximum atomic E-state index is 12.7. The summed E-state index contributed by atoms with van der Waals surface area (Å²) in [6.07, 6.45) is -4.30. The largest absolute Gasteiger partial charge is 0.416 e. The Hall–Kier alpha value is -1.03. The van der Waals surface area contributed by atoms with Crippen LogP contribution in [-0.4, -0.2) is 0 Å². The lowest BCUT2D eigenvalue weighted by molar-refractivity contribution is -0.137. The number of benzene rings is 1. The van der Waals surface area contributed by atoms with Crippen LogP contribution < -0.4 is 5.73 Å². The lowest BCUT2D eigenvalue weighted by atomic mass is 9.92. The van der Waals surface area contributed by atoms with E-state index in [4.69, 9.17) is 5.73 Å². The highest BCUT2D eigenvalue weighted by atomic mass is 19.4. The molecule has 0 aromatic heterocycles. The van der Waals surface area contributed by atoms with Crippen molar-refractivity contribution in [1.82, 2.24) is 0 Å². The van der Waals surface area contributed by atoms with Gasteiger partial charge in [0.2, 0.25) is 0 Å². The Labute approximate surface area is 118 Å². The average molecular weight is 285 g/mol. The topological polar surface area (TPSA) is 26.0 Å². The van der Waals surface area contributed by atoms with Gasteiger partial charge in [-0.25, -0.2) is 0 Å². The first-order valence-electron chi connectivity index (χ1n) is 6.84. The second kappa shape index (κ2) is 4.23. The monoisotopic (exact) mass is 285 g/mol. The SMILES string of the molecule is Cc1cc(C(F)(F)F)ccc1C(N)C1C(C)(C)C1(C)C. The molecule has 112 valence electrons. The summed E-state index contributed by atoms with van der Waals surface area (Å²) in [7, 11) is 0. The third-order valence-corrected chi connectivity index (χ3v) is 5.45. The van der Waals surface area contributed by atoms with E-state index >= 15 is 0 Å². The molecule has 20 heavy (non-hydrogen) atoms. The lowest BCUT2D eigenvalue weighted by Gasteiger charge is -2.18. The molecule has 1 aliphatic rings. The molecule has 0 aliphatic heterocycles. The molecule has 1 unspecified atom stereocenters. The van der Waals surface area contributed by atoms with Gasteiger partial charge in [0.15, 0.2) is 0 Å². The third kappa shape index (κ3) is 2.14. The minimum absolute atomic E-state index is 0.113. The van der Waals surface area contributed by atoms with E-state index in [1.807, 2.05) is 0 Å². The predicted octanol–water partition coefficient (Wildman–Crippen LogP) is 4.70. The smallest absolute Gasteiger partial charge is 0.324 e. The van der Waals surface area contributed by atoms with Gasteiger partial charge in [-0.15, -0.1) is 0 Å². The first-order chi connectivity index (χ1) is 8.90. The quantitative estimate of drug-likeness (QED) is 0.837. The van der Waals surface area contributed by atoms with Crippen molar-refractivity contribution in [3.63, 3.8) is 0 Å². The maximum Gasteiger partial charge on any atom is 0.416 e. The van der Waals surface area contributed by atoms with E-state index < -0.39 is 11.7 Å². The van der Waals surface area contributed by atoms with Crippen molar-refractivity contribution in [2.45, 2.75) is 46.8 Å². The summed E-state index contributed by atoms with van der Waals surface area (Å²) >= 11 is 0. The second-order valence-electron chi connectivity index (χ2n) is 7.02. The molecule has 1 saturated carbocycles. The molecule has 0 spiro atoms. The van der Waals surface area contributed by atoms with Gasteiger partial charge in [-0.2, -0.15) is 13.2 Å². The predicted molar refractivity (Wildman–Crippen MR) is 74.2 cm³/mol. The van der Waals surface area contributed by atoms with Gasteiger partial charge >= 0.3 is 6.18 Å². The van der Waals surface area contributed by atoms with E-state index in [1.54, 1.807) is 6.92 Å². The summed E-state index contributed by atoms with van der Waals surface area (Å²) < 4.78 is 38.1. The van der Waals surface area contributed by atoms with Gasteiger partial charge in [-0.05, 0) is 46.9 Å². The van der Waals surface area contributed by atoms with E-state index in [1.165, 1.54) is 12.1 Å². The van der Waals surface area contributed by atoms with Crippen LogP contribution in [0.15, 0.2) is 18.2 Å². The van der Waals surface area contributed by atoms with Gasteiger partial charge < -0.3 is 5.73 Å². The molecule has 1 aliphatic carbocycles. The molecule has 0 heterocycles. The van der Waals surface area contributed by atoms with Crippen LogP contribution in [0.2, 0.25) is 0 Å². The number of nitrogens with two attached hydrogens (primary N) is 1. The normalized spacial score (nSPS) is 22.6. The van der Waals surface area contributed by atoms with Crippen molar-refractivity contribution in [2.75, 3.05) is 0 Å². The molecule has 1 atom stereocenters. The number of alkyl halides is 3. The number of aryl methyl sites for hydroxylation is 1. The molecule has 1 fully saturated rings. The van der Waals surface area contributed by atoms with Gasteiger partial charge in [0.25, 0.3) is 0 Å². The summed E-state index contributed by atoms with van der Waals surface area (Å²) in [6.45, 7) is 10.4. The van der Waals surface area contributed by atoms with E-state index in [2.05, 4.69) is 27.7 Å². The van der Waals surface area contributed by atoms with Crippen LogP contribution in [0.3, 0.4) is 0 Å². The molecule has 1 aromatic carbocycles. The molecule has 4 heteroatoms. The van der Waals surface area contributed by atoms with E-state index in [0.29, 0.717) is 5.56 Å². The summed E-state index contributed by atoms with van der Waals surface area (Å²) in [4.78, 5) is 0.